The number of aliphatic hydroxyl groups excluding tert-OH is 1. The van der Waals surface area contributed by atoms with Gasteiger partial charge in [0.2, 0.25) is 0 Å². The molecule has 1 fully saturated rings. The smallest absolute Gasteiger partial charge is 0.391 e. The average Bonchev–Trinajstić information content (AvgIpc) is 2.47. The van der Waals surface area contributed by atoms with E-state index in [1.807, 2.05) is 6.92 Å². The molecular weight excluding hydrogens is 316 g/mol. The van der Waals surface area contributed by atoms with Crippen LogP contribution in [0, 0.1) is 11.7 Å². The molecule has 1 aromatic rings. The molecule has 1 aromatic carbocycles. The van der Waals surface area contributed by atoms with Gasteiger partial charge in [-0.25, -0.2) is 9.18 Å². The van der Waals surface area contributed by atoms with E-state index in [9.17, 15) is 27.5 Å². The number of benzene rings is 1. The SMILES string of the molecule is CC1CCN(C(=O)NCc2ccc(F)cc2C(F)(F)F)CC1O. The molecule has 2 amide bonds. The van der Waals surface area contributed by atoms with Crippen molar-refractivity contribution in [3.8, 4) is 0 Å². The fourth-order valence-electron chi connectivity index (χ4n) is 2.48. The number of halogens is 4. The van der Waals surface area contributed by atoms with Gasteiger partial charge in [0.25, 0.3) is 0 Å². The van der Waals surface area contributed by atoms with Crippen molar-refractivity contribution in [2.75, 3.05) is 13.1 Å². The average molecular weight is 334 g/mol. The Balaban J connectivity index is 2.02. The Morgan fingerprint density at radius 3 is 2.74 bits per heavy atom. The van der Waals surface area contributed by atoms with E-state index < -0.39 is 29.7 Å². The van der Waals surface area contributed by atoms with Crippen LogP contribution in [0.1, 0.15) is 24.5 Å². The van der Waals surface area contributed by atoms with Crippen molar-refractivity contribution in [3.05, 3.63) is 35.1 Å². The summed E-state index contributed by atoms with van der Waals surface area (Å²) in [7, 11) is 0. The molecule has 2 rings (SSSR count). The van der Waals surface area contributed by atoms with Crippen molar-refractivity contribution in [2.45, 2.75) is 32.2 Å². The monoisotopic (exact) mass is 334 g/mol. The second-order valence-electron chi connectivity index (χ2n) is 5.74. The van der Waals surface area contributed by atoms with Crippen LogP contribution in [0.3, 0.4) is 0 Å². The third-order valence-corrected chi connectivity index (χ3v) is 4.01. The number of nitrogens with one attached hydrogen (secondary N) is 1. The molecule has 2 unspecified atom stereocenters. The lowest BCUT2D eigenvalue weighted by Crippen LogP contribution is -2.49. The van der Waals surface area contributed by atoms with Crippen molar-refractivity contribution in [1.29, 1.82) is 0 Å². The first kappa shape index (κ1) is 17.5. The molecule has 1 heterocycles. The lowest BCUT2D eigenvalue weighted by Gasteiger charge is -2.34. The molecule has 0 radical (unpaired) electrons. The number of hydrogen-bond donors (Lipinski definition) is 2. The first-order valence-corrected chi connectivity index (χ1v) is 7.25. The lowest BCUT2D eigenvalue weighted by molar-refractivity contribution is -0.138. The Morgan fingerprint density at radius 2 is 2.13 bits per heavy atom. The van der Waals surface area contributed by atoms with Crippen molar-refractivity contribution < 1.29 is 27.5 Å². The number of aliphatic hydroxyl groups is 1. The van der Waals surface area contributed by atoms with E-state index in [1.165, 1.54) is 4.90 Å². The van der Waals surface area contributed by atoms with Crippen LogP contribution in [-0.4, -0.2) is 35.2 Å². The highest BCUT2D eigenvalue weighted by molar-refractivity contribution is 5.74. The van der Waals surface area contributed by atoms with Gasteiger partial charge in [-0.3, -0.25) is 0 Å². The van der Waals surface area contributed by atoms with E-state index in [1.54, 1.807) is 0 Å². The Kier molecular flexibility index (Phi) is 5.13. The number of carbonyl (C=O) groups excluding carboxylic acids is 1. The van der Waals surface area contributed by atoms with Gasteiger partial charge < -0.3 is 15.3 Å². The molecule has 2 N–H and O–H groups in total. The molecule has 0 aromatic heterocycles. The largest absolute Gasteiger partial charge is 0.416 e. The van der Waals surface area contributed by atoms with Crippen LogP contribution in [-0.2, 0) is 12.7 Å². The maximum atomic E-state index is 13.0. The van der Waals surface area contributed by atoms with Crippen LogP contribution in [0.25, 0.3) is 0 Å². The van der Waals surface area contributed by atoms with E-state index in [0.717, 1.165) is 12.1 Å². The number of rotatable bonds is 2. The molecule has 0 aliphatic carbocycles. The van der Waals surface area contributed by atoms with E-state index in [0.29, 0.717) is 19.0 Å². The van der Waals surface area contributed by atoms with Gasteiger partial charge in [-0.2, -0.15) is 13.2 Å². The van der Waals surface area contributed by atoms with Gasteiger partial charge in [-0.1, -0.05) is 13.0 Å². The van der Waals surface area contributed by atoms with Crippen LogP contribution in [0.4, 0.5) is 22.4 Å². The van der Waals surface area contributed by atoms with Gasteiger partial charge in [-0.05, 0) is 30.0 Å². The molecule has 0 bridgehead atoms. The summed E-state index contributed by atoms with van der Waals surface area (Å²) in [5, 5.41) is 12.1. The Hall–Kier alpha value is -1.83. The molecule has 0 saturated carbocycles. The fraction of sp³-hybridized carbons (Fsp3) is 0.533. The van der Waals surface area contributed by atoms with E-state index in [2.05, 4.69) is 5.32 Å². The topological polar surface area (TPSA) is 52.6 Å². The van der Waals surface area contributed by atoms with Crippen LogP contribution >= 0.6 is 0 Å². The van der Waals surface area contributed by atoms with Gasteiger partial charge in [0.1, 0.15) is 5.82 Å². The second-order valence-corrected chi connectivity index (χ2v) is 5.74. The van der Waals surface area contributed by atoms with Crippen molar-refractivity contribution in [2.24, 2.45) is 5.92 Å². The zero-order chi connectivity index (χ0) is 17.2. The minimum Gasteiger partial charge on any atom is -0.391 e. The first-order valence-electron chi connectivity index (χ1n) is 7.25. The predicted molar refractivity (Wildman–Crippen MR) is 75.0 cm³/mol. The highest BCUT2D eigenvalue weighted by atomic mass is 19.4. The molecular formula is C15H18F4N2O2. The normalized spacial score (nSPS) is 22.1. The quantitative estimate of drug-likeness (QED) is 0.817. The summed E-state index contributed by atoms with van der Waals surface area (Å²) in [6.45, 7) is 2.08. The fourth-order valence-corrected chi connectivity index (χ4v) is 2.48. The zero-order valence-corrected chi connectivity index (χ0v) is 12.5. The molecule has 0 spiro atoms. The number of urea groups is 1. The number of carbonyl (C=O) groups is 1. The summed E-state index contributed by atoms with van der Waals surface area (Å²) in [5.74, 6) is -0.909. The van der Waals surface area contributed by atoms with Crippen molar-refractivity contribution in [3.63, 3.8) is 0 Å². The molecule has 128 valence electrons. The number of hydrogen-bond acceptors (Lipinski definition) is 2. The minimum absolute atomic E-state index is 0.0768. The number of likely N-dealkylation sites (tertiary alicyclic amines) is 1. The highest BCUT2D eigenvalue weighted by Gasteiger charge is 2.34. The van der Waals surface area contributed by atoms with E-state index in [-0.39, 0.29) is 24.6 Å². The number of alkyl halides is 3. The standard InChI is InChI=1S/C15H18F4N2O2/c1-9-4-5-21(8-13(9)22)14(23)20-7-10-2-3-11(16)6-12(10)15(17,18)19/h2-3,6,9,13,22H,4-5,7-8H2,1H3,(H,20,23). The predicted octanol–water partition coefficient (Wildman–Crippen LogP) is 2.76. The summed E-state index contributed by atoms with van der Waals surface area (Å²) in [5.41, 5.74) is -1.32. The summed E-state index contributed by atoms with van der Waals surface area (Å²) < 4.78 is 51.7. The van der Waals surface area contributed by atoms with Gasteiger partial charge >= 0.3 is 12.2 Å². The maximum Gasteiger partial charge on any atom is 0.416 e. The minimum atomic E-state index is -4.70. The van der Waals surface area contributed by atoms with Crippen LogP contribution in [0.5, 0.6) is 0 Å². The van der Waals surface area contributed by atoms with Gasteiger partial charge in [0, 0.05) is 19.6 Å². The summed E-state index contributed by atoms with van der Waals surface area (Å²) in [6, 6.07) is 1.79. The van der Waals surface area contributed by atoms with Crippen LogP contribution in [0.2, 0.25) is 0 Å². The number of amides is 2. The maximum absolute atomic E-state index is 13.0. The highest BCUT2D eigenvalue weighted by Crippen LogP contribution is 2.32. The molecule has 4 nitrogen and oxygen atoms in total. The van der Waals surface area contributed by atoms with Crippen molar-refractivity contribution >= 4 is 6.03 Å². The summed E-state index contributed by atoms with van der Waals surface area (Å²) in [4.78, 5) is 13.4. The third kappa shape index (κ3) is 4.34. The number of β-amino-alcohol motifs (C(OH)–C–C–N with tert-alkyl or cyclic N) is 1. The molecule has 23 heavy (non-hydrogen) atoms. The first-order chi connectivity index (χ1) is 10.7. The Bertz CT molecular complexity index is 577. The number of piperidine rings is 1. The van der Waals surface area contributed by atoms with Crippen molar-refractivity contribution in [1.82, 2.24) is 10.2 Å². The van der Waals surface area contributed by atoms with Crippen LogP contribution < -0.4 is 5.32 Å². The third-order valence-electron chi connectivity index (χ3n) is 4.01. The Labute approximate surface area is 131 Å². The van der Waals surface area contributed by atoms with Gasteiger partial charge in [0.15, 0.2) is 0 Å². The molecule has 1 aliphatic rings. The van der Waals surface area contributed by atoms with E-state index >= 15 is 0 Å². The van der Waals surface area contributed by atoms with Gasteiger partial charge in [0.05, 0.1) is 11.7 Å². The zero-order valence-electron chi connectivity index (χ0n) is 12.5. The van der Waals surface area contributed by atoms with Crippen LogP contribution in [0.15, 0.2) is 18.2 Å². The lowest BCUT2D eigenvalue weighted by atomic mass is 9.96. The summed E-state index contributed by atoms with van der Waals surface area (Å²) in [6.07, 6.45) is -4.72. The Morgan fingerprint density at radius 1 is 1.43 bits per heavy atom. The second kappa shape index (κ2) is 6.74. The van der Waals surface area contributed by atoms with Gasteiger partial charge in [-0.15, -0.1) is 0 Å². The molecule has 1 aliphatic heterocycles. The summed E-state index contributed by atoms with van der Waals surface area (Å²) >= 11 is 0. The molecule has 2 atom stereocenters. The molecule has 8 heteroatoms. The van der Waals surface area contributed by atoms with E-state index in [4.69, 9.17) is 0 Å². The number of nitrogens with zero attached hydrogens (tertiary/aromatic N) is 1. The molecule has 1 saturated heterocycles.